The van der Waals surface area contributed by atoms with E-state index in [2.05, 4.69) is 40.0 Å². The number of hydrogen-bond acceptors (Lipinski definition) is 2. The number of halogens is 1. The maximum absolute atomic E-state index is 12.7. The SMILES string of the molecule is C=CC(=O)N1CC(NC(=O)Cn2c(-c3ccccc3)cc3cc(Br)ccc32)C1. The fourth-order valence-corrected chi connectivity index (χ4v) is 3.93. The molecule has 0 aliphatic carbocycles. The predicted octanol–water partition coefficient (Wildman–Crippen LogP) is 3.58. The molecule has 6 heteroatoms. The maximum Gasteiger partial charge on any atom is 0.246 e. The molecule has 1 fully saturated rings. The zero-order valence-corrected chi connectivity index (χ0v) is 16.9. The molecule has 0 spiro atoms. The number of nitrogens with zero attached hydrogens (tertiary/aromatic N) is 2. The van der Waals surface area contributed by atoms with Gasteiger partial charge in [-0.2, -0.15) is 0 Å². The number of likely N-dealkylation sites (tertiary alicyclic amines) is 1. The quantitative estimate of drug-likeness (QED) is 0.620. The van der Waals surface area contributed by atoms with E-state index < -0.39 is 0 Å². The van der Waals surface area contributed by atoms with Gasteiger partial charge in [0.05, 0.1) is 6.04 Å². The van der Waals surface area contributed by atoms with Crippen LogP contribution in [-0.2, 0) is 16.1 Å². The van der Waals surface area contributed by atoms with Gasteiger partial charge < -0.3 is 14.8 Å². The molecule has 1 aliphatic rings. The van der Waals surface area contributed by atoms with Crippen molar-refractivity contribution >= 4 is 38.6 Å². The summed E-state index contributed by atoms with van der Waals surface area (Å²) < 4.78 is 3.04. The highest BCUT2D eigenvalue weighted by atomic mass is 79.9. The fourth-order valence-electron chi connectivity index (χ4n) is 3.56. The Bertz CT molecular complexity index is 1050. The number of rotatable bonds is 5. The van der Waals surface area contributed by atoms with Crippen LogP contribution in [0.4, 0.5) is 0 Å². The van der Waals surface area contributed by atoms with Crippen molar-refractivity contribution in [3.8, 4) is 11.3 Å². The number of carbonyl (C=O) groups excluding carboxylic acids is 2. The van der Waals surface area contributed by atoms with Crippen molar-refractivity contribution < 1.29 is 9.59 Å². The van der Waals surface area contributed by atoms with E-state index in [1.807, 2.05) is 47.0 Å². The lowest BCUT2D eigenvalue weighted by atomic mass is 10.1. The van der Waals surface area contributed by atoms with Crippen molar-refractivity contribution in [1.82, 2.24) is 14.8 Å². The van der Waals surface area contributed by atoms with Gasteiger partial charge in [0.25, 0.3) is 0 Å². The van der Waals surface area contributed by atoms with Crippen LogP contribution >= 0.6 is 15.9 Å². The molecular weight excluding hydrogens is 418 g/mol. The second-order valence-corrected chi connectivity index (χ2v) is 7.81. The fraction of sp³-hybridized carbons (Fsp3) is 0.182. The molecule has 0 bridgehead atoms. The molecule has 0 atom stereocenters. The molecule has 1 aliphatic heterocycles. The molecule has 1 saturated heterocycles. The summed E-state index contributed by atoms with van der Waals surface area (Å²) in [5.74, 6) is -0.160. The first kappa shape index (κ1) is 18.5. The number of aromatic nitrogens is 1. The Morgan fingerprint density at radius 1 is 1.14 bits per heavy atom. The van der Waals surface area contributed by atoms with Gasteiger partial charge in [-0.25, -0.2) is 0 Å². The van der Waals surface area contributed by atoms with Crippen LogP contribution in [0.2, 0.25) is 0 Å². The van der Waals surface area contributed by atoms with Crippen LogP contribution in [0.3, 0.4) is 0 Å². The molecule has 0 saturated carbocycles. The highest BCUT2D eigenvalue weighted by Gasteiger charge is 2.30. The Hall–Kier alpha value is -2.86. The van der Waals surface area contributed by atoms with Gasteiger partial charge in [0.15, 0.2) is 0 Å². The molecule has 2 heterocycles. The summed E-state index contributed by atoms with van der Waals surface area (Å²) >= 11 is 3.52. The van der Waals surface area contributed by atoms with Gasteiger partial charge in [0.2, 0.25) is 11.8 Å². The third-order valence-corrected chi connectivity index (χ3v) is 5.46. The Morgan fingerprint density at radius 3 is 2.61 bits per heavy atom. The van der Waals surface area contributed by atoms with Gasteiger partial charge in [-0.3, -0.25) is 9.59 Å². The summed E-state index contributed by atoms with van der Waals surface area (Å²) in [6.07, 6.45) is 1.30. The third kappa shape index (κ3) is 3.60. The standard InChI is InChI=1S/C22H20BrN3O2/c1-2-22(28)25-12-18(13-25)24-21(27)14-26-19-9-8-17(23)10-16(19)11-20(26)15-6-4-3-5-7-15/h2-11,18H,1,12-14H2,(H,24,27). The average Bonchev–Trinajstić information content (AvgIpc) is 3.01. The van der Waals surface area contributed by atoms with E-state index in [1.54, 1.807) is 4.90 Å². The molecule has 1 aromatic heterocycles. The van der Waals surface area contributed by atoms with Gasteiger partial charge in [-0.05, 0) is 35.9 Å². The van der Waals surface area contributed by atoms with Gasteiger partial charge >= 0.3 is 0 Å². The zero-order chi connectivity index (χ0) is 19.7. The number of amides is 2. The summed E-state index contributed by atoms with van der Waals surface area (Å²) in [5, 5.41) is 4.10. The van der Waals surface area contributed by atoms with E-state index in [1.165, 1.54) is 6.08 Å². The van der Waals surface area contributed by atoms with Crippen molar-refractivity contribution in [3.05, 3.63) is 71.7 Å². The van der Waals surface area contributed by atoms with E-state index in [9.17, 15) is 9.59 Å². The van der Waals surface area contributed by atoms with Crippen LogP contribution in [0.1, 0.15) is 0 Å². The van der Waals surface area contributed by atoms with Crippen molar-refractivity contribution in [2.24, 2.45) is 0 Å². The van der Waals surface area contributed by atoms with Crippen LogP contribution in [0.15, 0.2) is 71.7 Å². The van der Waals surface area contributed by atoms with Crippen LogP contribution < -0.4 is 5.32 Å². The minimum atomic E-state index is -0.0983. The van der Waals surface area contributed by atoms with Gasteiger partial charge in [-0.15, -0.1) is 0 Å². The second-order valence-electron chi connectivity index (χ2n) is 6.90. The lowest BCUT2D eigenvalue weighted by molar-refractivity contribution is -0.133. The lowest BCUT2D eigenvalue weighted by Gasteiger charge is -2.38. The van der Waals surface area contributed by atoms with E-state index in [-0.39, 0.29) is 24.4 Å². The molecule has 0 unspecified atom stereocenters. The summed E-state index contributed by atoms with van der Waals surface area (Å²) in [7, 11) is 0. The zero-order valence-electron chi connectivity index (χ0n) is 15.3. The smallest absolute Gasteiger partial charge is 0.246 e. The molecule has 142 valence electrons. The molecule has 4 rings (SSSR count). The number of carbonyl (C=O) groups is 2. The minimum Gasteiger partial charge on any atom is -0.348 e. The summed E-state index contributed by atoms with van der Waals surface area (Å²) in [6, 6.07) is 18.2. The van der Waals surface area contributed by atoms with Crippen LogP contribution in [-0.4, -0.2) is 40.4 Å². The van der Waals surface area contributed by atoms with Gasteiger partial charge in [0, 0.05) is 34.2 Å². The van der Waals surface area contributed by atoms with Crippen molar-refractivity contribution in [1.29, 1.82) is 0 Å². The Kier molecular flexibility index (Phi) is 5.05. The van der Waals surface area contributed by atoms with Crippen LogP contribution in [0, 0.1) is 0 Å². The number of hydrogen-bond donors (Lipinski definition) is 1. The van der Waals surface area contributed by atoms with E-state index in [0.29, 0.717) is 13.1 Å². The molecule has 2 amide bonds. The molecule has 1 N–H and O–H groups in total. The molecule has 3 aromatic rings. The van der Waals surface area contributed by atoms with Crippen LogP contribution in [0.5, 0.6) is 0 Å². The number of benzene rings is 2. The summed E-state index contributed by atoms with van der Waals surface area (Å²) in [6.45, 7) is 4.77. The average molecular weight is 438 g/mol. The summed E-state index contributed by atoms with van der Waals surface area (Å²) in [4.78, 5) is 25.9. The minimum absolute atomic E-state index is 0.00690. The van der Waals surface area contributed by atoms with Gasteiger partial charge in [-0.1, -0.05) is 52.8 Å². The molecule has 2 aromatic carbocycles. The van der Waals surface area contributed by atoms with Crippen molar-refractivity contribution in [2.75, 3.05) is 13.1 Å². The monoisotopic (exact) mass is 437 g/mol. The largest absolute Gasteiger partial charge is 0.348 e. The van der Waals surface area contributed by atoms with Crippen LogP contribution in [0.25, 0.3) is 22.2 Å². The second kappa shape index (κ2) is 7.64. The van der Waals surface area contributed by atoms with Crippen molar-refractivity contribution in [2.45, 2.75) is 12.6 Å². The van der Waals surface area contributed by atoms with E-state index in [0.717, 1.165) is 26.6 Å². The number of fused-ring (bicyclic) bond motifs is 1. The normalized spacial score (nSPS) is 14.0. The first-order chi connectivity index (χ1) is 13.5. The van der Waals surface area contributed by atoms with E-state index in [4.69, 9.17) is 0 Å². The maximum atomic E-state index is 12.7. The Labute approximate surface area is 171 Å². The molecule has 5 nitrogen and oxygen atoms in total. The van der Waals surface area contributed by atoms with E-state index >= 15 is 0 Å². The predicted molar refractivity (Wildman–Crippen MR) is 114 cm³/mol. The van der Waals surface area contributed by atoms with Gasteiger partial charge in [0.1, 0.15) is 6.54 Å². The molecule has 28 heavy (non-hydrogen) atoms. The lowest BCUT2D eigenvalue weighted by Crippen LogP contribution is -2.61. The Balaban J connectivity index is 1.57. The number of nitrogens with one attached hydrogen (secondary N) is 1. The first-order valence-electron chi connectivity index (χ1n) is 9.10. The highest BCUT2D eigenvalue weighted by molar-refractivity contribution is 9.10. The molecular formula is C22H20BrN3O2. The third-order valence-electron chi connectivity index (χ3n) is 4.97. The van der Waals surface area contributed by atoms with Crippen molar-refractivity contribution in [3.63, 3.8) is 0 Å². The Morgan fingerprint density at radius 2 is 1.89 bits per heavy atom. The molecule has 0 radical (unpaired) electrons. The highest BCUT2D eigenvalue weighted by Crippen LogP contribution is 2.30. The topological polar surface area (TPSA) is 54.3 Å². The summed E-state index contributed by atoms with van der Waals surface area (Å²) in [5.41, 5.74) is 3.07. The first-order valence-corrected chi connectivity index (χ1v) is 9.89.